The minimum Gasteiger partial charge on any atom is -0.335 e. The van der Waals surface area contributed by atoms with Crippen molar-refractivity contribution in [2.45, 2.75) is 26.2 Å². The molecule has 0 bridgehead atoms. The molecule has 1 fully saturated rings. The summed E-state index contributed by atoms with van der Waals surface area (Å²) in [6, 6.07) is 1.57. The molecular weight excluding hydrogens is 305 g/mol. The van der Waals surface area contributed by atoms with Crippen LogP contribution in [-0.2, 0) is 4.79 Å². The number of likely N-dealkylation sites (tertiary alicyclic amines) is 1. The van der Waals surface area contributed by atoms with E-state index < -0.39 is 0 Å². The Morgan fingerprint density at radius 3 is 2.84 bits per heavy atom. The van der Waals surface area contributed by atoms with Crippen LogP contribution in [0, 0.1) is 5.92 Å². The molecule has 1 amide bonds. The number of carbonyl (C=O) groups is 2. The van der Waals surface area contributed by atoms with Gasteiger partial charge < -0.3 is 4.90 Å². The molecule has 2 heterocycles. The summed E-state index contributed by atoms with van der Waals surface area (Å²) in [5.74, 6) is 0.301. The SMILES string of the molecule is CCCC1CC(=O)N(CC(=O)c2cc(Cl)sc2Cl)C1. The summed E-state index contributed by atoms with van der Waals surface area (Å²) in [5.41, 5.74) is 0.420. The smallest absolute Gasteiger partial charge is 0.223 e. The predicted octanol–water partition coefficient (Wildman–Crippen LogP) is 3.89. The Morgan fingerprint density at radius 2 is 2.26 bits per heavy atom. The van der Waals surface area contributed by atoms with Crippen molar-refractivity contribution in [3.63, 3.8) is 0 Å². The first-order chi connectivity index (χ1) is 9.01. The number of amides is 1. The number of thiophene rings is 1. The summed E-state index contributed by atoms with van der Waals surface area (Å²) >= 11 is 12.9. The van der Waals surface area contributed by atoms with Gasteiger partial charge in [0.15, 0.2) is 5.78 Å². The second-order valence-electron chi connectivity index (χ2n) is 4.79. The zero-order valence-electron chi connectivity index (χ0n) is 10.6. The molecule has 0 aromatic carbocycles. The van der Waals surface area contributed by atoms with Gasteiger partial charge in [0.1, 0.15) is 4.34 Å². The molecule has 1 aliphatic rings. The lowest BCUT2D eigenvalue weighted by molar-refractivity contribution is -0.127. The van der Waals surface area contributed by atoms with Crippen LogP contribution in [0.4, 0.5) is 0 Å². The van der Waals surface area contributed by atoms with Crippen molar-refractivity contribution in [3.8, 4) is 0 Å². The van der Waals surface area contributed by atoms with Crippen molar-refractivity contribution in [2.75, 3.05) is 13.1 Å². The Hall–Kier alpha value is -0.580. The second-order valence-corrected chi connectivity index (χ2v) is 7.08. The van der Waals surface area contributed by atoms with Crippen LogP contribution in [0.25, 0.3) is 0 Å². The predicted molar refractivity (Wildman–Crippen MR) is 78.3 cm³/mol. The van der Waals surface area contributed by atoms with Crippen molar-refractivity contribution in [1.29, 1.82) is 0 Å². The third kappa shape index (κ3) is 3.50. The number of ketones is 1. The molecule has 19 heavy (non-hydrogen) atoms. The number of Topliss-reactive ketones (excluding diaryl/α,β-unsaturated/α-hetero) is 1. The summed E-state index contributed by atoms with van der Waals surface area (Å²) < 4.78 is 0.886. The number of hydrogen-bond donors (Lipinski definition) is 0. The molecule has 0 saturated carbocycles. The summed E-state index contributed by atoms with van der Waals surface area (Å²) in [6.45, 7) is 2.88. The van der Waals surface area contributed by atoms with Gasteiger partial charge in [-0.2, -0.15) is 0 Å². The van der Waals surface area contributed by atoms with Crippen LogP contribution in [0.2, 0.25) is 8.67 Å². The average Bonchev–Trinajstić information content (AvgIpc) is 2.83. The highest BCUT2D eigenvalue weighted by Gasteiger charge is 2.30. The Bertz CT molecular complexity index is 501. The molecule has 3 nitrogen and oxygen atoms in total. The fourth-order valence-electron chi connectivity index (χ4n) is 2.40. The molecule has 1 unspecified atom stereocenters. The highest BCUT2D eigenvalue weighted by atomic mass is 35.5. The lowest BCUT2D eigenvalue weighted by Gasteiger charge is -2.15. The number of hydrogen-bond acceptors (Lipinski definition) is 3. The monoisotopic (exact) mass is 319 g/mol. The van der Waals surface area contributed by atoms with Crippen LogP contribution in [0.3, 0.4) is 0 Å². The van der Waals surface area contributed by atoms with Gasteiger partial charge in [-0.1, -0.05) is 36.5 Å². The summed E-state index contributed by atoms with van der Waals surface area (Å²) in [5, 5.41) is 0. The highest BCUT2D eigenvalue weighted by Crippen LogP contribution is 2.32. The van der Waals surface area contributed by atoms with E-state index in [0.717, 1.165) is 12.8 Å². The van der Waals surface area contributed by atoms with Gasteiger partial charge >= 0.3 is 0 Å². The molecule has 2 rings (SSSR count). The van der Waals surface area contributed by atoms with Crippen molar-refractivity contribution in [2.24, 2.45) is 5.92 Å². The molecule has 6 heteroatoms. The summed E-state index contributed by atoms with van der Waals surface area (Å²) in [4.78, 5) is 25.6. The van der Waals surface area contributed by atoms with Gasteiger partial charge in [-0.15, -0.1) is 11.3 Å². The van der Waals surface area contributed by atoms with Gasteiger partial charge in [-0.25, -0.2) is 0 Å². The molecule has 0 spiro atoms. The van der Waals surface area contributed by atoms with E-state index in [1.165, 1.54) is 11.3 Å². The standard InChI is InChI=1S/C13H15Cl2NO2S/c1-2-3-8-4-12(18)16(6-8)7-10(17)9-5-11(14)19-13(9)15/h5,8H,2-4,6-7H2,1H3. The van der Waals surface area contributed by atoms with Crippen molar-refractivity contribution in [3.05, 3.63) is 20.3 Å². The maximum absolute atomic E-state index is 12.1. The number of carbonyl (C=O) groups excluding carboxylic acids is 2. The van der Waals surface area contributed by atoms with E-state index in [9.17, 15) is 9.59 Å². The summed E-state index contributed by atoms with van der Waals surface area (Å²) in [6.07, 6.45) is 2.65. The van der Waals surface area contributed by atoms with E-state index in [2.05, 4.69) is 6.92 Å². The topological polar surface area (TPSA) is 37.4 Å². The quantitative estimate of drug-likeness (QED) is 0.772. The van der Waals surface area contributed by atoms with E-state index in [-0.39, 0.29) is 18.2 Å². The van der Waals surface area contributed by atoms with Crippen molar-refractivity contribution < 1.29 is 9.59 Å². The molecule has 1 aromatic rings. The maximum Gasteiger partial charge on any atom is 0.223 e. The fourth-order valence-corrected chi connectivity index (χ4v) is 3.90. The van der Waals surface area contributed by atoms with Gasteiger partial charge in [0.2, 0.25) is 5.91 Å². The first-order valence-electron chi connectivity index (χ1n) is 6.27. The Balaban J connectivity index is 2.00. The zero-order chi connectivity index (χ0) is 14.0. The third-order valence-electron chi connectivity index (χ3n) is 3.28. The molecule has 0 aliphatic carbocycles. The van der Waals surface area contributed by atoms with Crippen molar-refractivity contribution in [1.82, 2.24) is 4.90 Å². The number of nitrogens with zero attached hydrogens (tertiary/aromatic N) is 1. The maximum atomic E-state index is 12.1. The van der Waals surface area contributed by atoms with Gasteiger partial charge in [-0.3, -0.25) is 9.59 Å². The van der Waals surface area contributed by atoms with Crippen LogP contribution in [0.15, 0.2) is 6.07 Å². The Kier molecular flexibility index (Phi) is 4.87. The number of rotatable bonds is 5. The zero-order valence-corrected chi connectivity index (χ0v) is 12.9. The van der Waals surface area contributed by atoms with E-state index in [0.29, 0.717) is 33.1 Å². The van der Waals surface area contributed by atoms with Gasteiger partial charge in [0.25, 0.3) is 0 Å². The molecule has 1 aromatic heterocycles. The molecular formula is C13H15Cl2NO2S. The molecule has 104 valence electrons. The second kappa shape index (κ2) is 6.25. The van der Waals surface area contributed by atoms with Crippen LogP contribution in [0.1, 0.15) is 36.5 Å². The molecule has 1 aliphatic heterocycles. The van der Waals surface area contributed by atoms with Crippen LogP contribution < -0.4 is 0 Å². The normalized spacial score (nSPS) is 19.2. The first kappa shape index (κ1) is 14.8. The van der Waals surface area contributed by atoms with Crippen molar-refractivity contribution >= 4 is 46.2 Å². The van der Waals surface area contributed by atoms with E-state index in [4.69, 9.17) is 23.2 Å². The molecule has 1 saturated heterocycles. The Morgan fingerprint density at radius 1 is 1.53 bits per heavy atom. The van der Waals surface area contributed by atoms with Crippen LogP contribution >= 0.6 is 34.5 Å². The van der Waals surface area contributed by atoms with E-state index in [1.807, 2.05) is 0 Å². The Labute approximate surface area is 126 Å². The largest absolute Gasteiger partial charge is 0.335 e. The number of halogens is 2. The lowest BCUT2D eigenvalue weighted by atomic mass is 10.0. The van der Waals surface area contributed by atoms with Gasteiger partial charge in [0.05, 0.1) is 16.4 Å². The minimum absolute atomic E-state index is 0.0595. The summed E-state index contributed by atoms with van der Waals surface area (Å²) in [7, 11) is 0. The fraction of sp³-hybridized carbons (Fsp3) is 0.538. The third-order valence-corrected chi connectivity index (χ3v) is 4.77. The van der Waals surface area contributed by atoms with E-state index >= 15 is 0 Å². The van der Waals surface area contributed by atoms with Crippen LogP contribution in [0.5, 0.6) is 0 Å². The molecule has 1 atom stereocenters. The molecule has 0 N–H and O–H groups in total. The van der Waals surface area contributed by atoms with Gasteiger partial charge in [-0.05, 0) is 18.4 Å². The van der Waals surface area contributed by atoms with Gasteiger partial charge in [0, 0.05) is 13.0 Å². The minimum atomic E-state index is -0.140. The first-order valence-corrected chi connectivity index (χ1v) is 7.84. The lowest BCUT2D eigenvalue weighted by Crippen LogP contribution is -2.31. The van der Waals surface area contributed by atoms with Crippen LogP contribution in [-0.4, -0.2) is 29.7 Å². The highest BCUT2D eigenvalue weighted by molar-refractivity contribution is 7.20. The molecule has 0 radical (unpaired) electrons. The van der Waals surface area contributed by atoms with E-state index in [1.54, 1.807) is 11.0 Å². The average molecular weight is 320 g/mol.